The third-order valence-electron chi connectivity index (χ3n) is 3.05. The third kappa shape index (κ3) is 2.11. The summed E-state index contributed by atoms with van der Waals surface area (Å²) in [6.07, 6.45) is 2.66. The monoisotopic (exact) mass is 301 g/mol. The number of hydrogen-bond acceptors (Lipinski definition) is 1. The highest BCUT2D eigenvalue weighted by Crippen LogP contribution is 2.28. The SMILES string of the molecule is Cc1c(I)cccc1[C@H]1CCCNC1. The molecular weight excluding hydrogens is 285 g/mol. The highest BCUT2D eigenvalue weighted by atomic mass is 127. The predicted octanol–water partition coefficient (Wildman–Crippen LogP) is 3.07. The van der Waals surface area contributed by atoms with Crippen LogP contribution in [0.2, 0.25) is 0 Å². The first-order valence-corrected chi connectivity index (χ1v) is 6.32. The minimum absolute atomic E-state index is 0.735. The van der Waals surface area contributed by atoms with E-state index in [1.807, 2.05) is 0 Å². The number of benzene rings is 1. The lowest BCUT2D eigenvalue weighted by Crippen LogP contribution is -2.28. The molecule has 0 unspecified atom stereocenters. The number of piperidine rings is 1. The minimum Gasteiger partial charge on any atom is -0.316 e. The Morgan fingerprint density at radius 3 is 3.00 bits per heavy atom. The quantitative estimate of drug-likeness (QED) is 0.786. The molecule has 1 aliphatic rings. The molecule has 1 N–H and O–H groups in total. The molecule has 0 amide bonds. The lowest BCUT2D eigenvalue weighted by Gasteiger charge is -2.24. The molecule has 1 fully saturated rings. The molecule has 0 aliphatic carbocycles. The Labute approximate surface area is 99.4 Å². The fourth-order valence-electron chi connectivity index (χ4n) is 2.18. The van der Waals surface area contributed by atoms with Crippen LogP contribution in [0, 0.1) is 10.5 Å². The first-order valence-electron chi connectivity index (χ1n) is 5.25. The highest BCUT2D eigenvalue weighted by Gasteiger charge is 2.17. The lowest BCUT2D eigenvalue weighted by atomic mass is 9.89. The molecule has 0 saturated carbocycles. The molecule has 1 aromatic rings. The van der Waals surface area contributed by atoms with E-state index in [-0.39, 0.29) is 0 Å². The smallest absolute Gasteiger partial charge is 0.0162 e. The van der Waals surface area contributed by atoms with Crippen LogP contribution in [0.25, 0.3) is 0 Å². The van der Waals surface area contributed by atoms with Crippen molar-refractivity contribution < 1.29 is 0 Å². The summed E-state index contributed by atoms with van der Waals surface area (Å²) in [5, 5.41) is 3.48. The molecule has 1 saturated heterocycles. The molecule has 1 atom stereocenters. The second-order valence-electron chi connectivity index (χ2n) is 4.00. The summed E-state index contributed by atoms with van der Waals surface area (Å²) in [6.45, 7) is 4.59. The van der Waals surface area contributed by atoms with Gasteiger partial charge in [-0.1, -0.05) is 12.1 Å². The number of rotatable bonds is 1. The maximum atomic E-state index is 3.48. The van der Waals surface area contributed by atoms with Crippen LogP contribution in [0.3, 0.4) is 0 Å². The van der Waals surface area contributed by atoms with E-state index in [0.717, 1.165) is 12.5 Å². The van der Waals surface area contributed by atoms with Crippen LogP contribution in [-0.2, 0) is 0 Å². The molecule has 0 bridgehead atoms. The molecule has 0 spiro atoms. The van der Waals surface area contributed by atoms with E-state index in [2.05, 4.69) is 53.0 Å². The molecule has 1 heterocycles. The van der Waals surface area contributed by atoms with Gasteiger partial charge in [0, 0.05) is 10.1 Å². The van der Waals surface area contributed by atoms with E-state index < -0.39 is 0 Å². The van der Waals surface area contributed by atoms with Crippen LogP contribution < -0.4 is 5.32 Å². The molecule has 1 aliphatic heterocycles. The summed E-state index contributed by atoms with van der Waals surface area (Å²) >= 11 is 2.43. The summed E-state index contributed by atoms with van der Waals surface area (Å²) in [4.78, 5) is 0. The molecule has 76 valence electrons. The standard InChI is InChI=1S/C12H16IN/c1-9-11(5-2-6-12(9)13)10-4-3-7-14-8-10/h2,5-6,10,14H,3-4,7-8H2,1H3/t10-/m0/s1. The molecule has 1 nitrogen and oxygen atoms in total. The molecule has 0 radical (unpaired) electrons. The zero-order valence-electron chi connectivity index (χ0n) is 8.52. The average molecular weight is 301 g/mol. The van der Waals surface area contributed by atoms with Crippen molar-refractivity contribution in [2.75, 3.05) is 13.1 Å². The van der Waals surface area contributed by atoms with Crippen molar-refractivity contribution in [3.63, 3.8) is 0 Å². The lowest BCUT2D eigenvalue weighted by molar-refractivity contribution is 0.460. The van der Waals surface area contributed by atoms with Crippen LogP contribution in [0.5, 0.6) is 0 Å². The molecular formula is C12H16IN. The summed E-state index contributed by atoms with van der Waals surface area (Å²) < 4.78 is 1.39. The van der Waals surface area contributed by atoms with E-state index in [9.17, 15) is 0 Å². The molecule has 1 aromatic carbocycles. The van der Waals surface area contributed by atoms with E-state index in [4.69, 9.17) is 0 Å². The summed E-state index contributed by atoms with van der Waals surface area (Å²) in [5.41, 5.74) is 3.02. The van der Waals surface area contributed by atoms with Gasteiger partial charge in [-0.15, -0.1) is 0 Å². The van der Waals surface area contributed by atoms with Crippen molar-refractivity contribution in [1.82, 2.24) is 5.32 Å². The van der Waals surface area contributed by atoms with Gasteiger partial charge < -0.3 is 5.32 Å². The van der Waals surface area contributed by atoms with Gasteiger partial charge in [0.05, 0.1) is 0 Å². The van der Waals surface area contributed by atoms with Crippen molar-refractivity contribution >= 4 is 22.6 Å². The topological polar surface area (TPSA) is 12.0 Å². The molecule has 14 heavy (non-hydrogen) atoms. The van der Waals surface area contributed by atoms with Crippen LogP contribution in [0.1, 0.15) is 29.9 Å². The summed E-state index contributed by atoms with van der Waals surface area (Å²) in [6, 6.07) is 6.66. The third-order valence-corrected chi connectivity index (χ3v) is 4.21. The Kier molecular flexibility index (Phi) is 3.44. The second kappa shape index (κ2) is 4.62. The number of nitrogens with one attached hydrogen (secondary N) is 1. The largest absolute Gasteiger partial charge is 0.316 e. The Hall–Kier alpha value is -0.0900. The van der Waals surface area contributed by atoms with Gasteiger partial charge in [0.1, 0.15) is 0 Å². The zero-order chi connectivity index (χ0) is 9.97. The second-order valence-corrected chi connectivity index (χ2v) is 5.16. The van der Waals surface area contributed by atoms with Gasteiger partial charge in [0.25, 0.3) is 0 Å². The van der Waals surface area contributed by atoms with Crippen LogP contribution in [0.15, 0.2) is 18.2 Å². The first kappa shape index (κ1) is 10.4. The maximum Gasteiger partial charge on any atom is 0.0162 e. The Morgan fingerprint density at radius 2 is 2.29 bits per heavy atom. The first-order chi connectivity index (χ1) is 6.79. The van der Waals surface area contributed by atoms with Crippen molar-refractivity contribution in [1.29, 1.82) is 0 Å². The predicted molar refractivity (Wildman–Crippen MR) is 68.7 cm³/mol. The molecule has 0 aromatic heterocycles. The zero-order valence-corrected chi connectivity index (χ0v) is 10.7. The van der Waals surface area contributed by atoms with E-state index in [1.165, 1.54) is 28.5 Å². The van der Waals surface area contributed by atoms with Gasteiger partial charge in [0.2, 0.25) is 0 Å². The average Bonchev–Trinajstić information content (AvgIpc) is 2.23. The van der Waals surface area contributed by atoms with Gasteiger partial charge >= 0.3 is 0 Å². The molecule has 2 heteroatoms. The minimum atomic E-state index is 0.735. The van der Waals surface area contributed by atoms with E-state index in [0.29, 0.717) is 0 Å². The summed E-state index contributed by atoms with van der Waals surface area (Å²) in [5.74, 6) is 0.735. The van der Waals surface area contributed by atoms with Crippen molar-refractivity contribution in [3.8, 4) is 0 Å². The Morgan fingerprint density at radius 1 is 1.43 bits per heavy atom. The van der Waals surface area contributed by atoms with Gasteiger partial charge in [-0.3, -0.25) is 0 Å². The van der Waals surface area contributed by atoms with Gasteiger partial charge in [-0.2, -0.15) is 0 Å². The number of hydrogen-bond donors (Lipinski definition) is 1. The number of halogens is 1. The maximum absolute atomic E-state index is 3.48. The van der Waals surface area contributed by atoms with Crippen LogP contribution in [0.4, 0.5) is 0 Å². The Bertz CT molecular complexity index is 316. The van der Waals surface area contributed by atoms with Crippen molar-refractivity contribution in [3.05, 3.63) is 32.9 Å². The fourth-order valence-corrected chi connectivity index (χ4v) is 2.70. The fraction of sp³-hybridized carbons (Fsp3) is 0.500. The normalized spacial score (nSPS) is 22.3. The Balaban J connectivity index is 2.26. The highest BCUT2D eigenvalue weighted by molar-refractivity contribution is 14.1. The van der Waals surface area contributed by atoms with Crippen molar-refractivity contribution in [2.45, 2.75) is 25.7 Å². The van der Waals surface area contributed by atoms with Crippen LogP contribution >= 0.6 is 22.6 Å². The van der Waals surface area contributed by atoms with Gasteiger partial charge in [0.15, 0.2) is 0 Å². The van der Waals surface area contributed by atoms with Crippen LogP contribution in [-0.4, -0.2) is 13.1 Å². The van der Waals surface area contributed by atoms with Gasteiger partial charge in [-0.25, -0.2) is 0 Å². The van der Waals surface area contributed by atoms with E-state index in [1.54, 1.807) is 5.56 Å². The van der Waals surface area contributed by atoms with Crippen molar-refractivity contribution in [2.24, 2.45) is 0 Å². The molecule has 2 rings (SSSR count). The van der Waals surface area contributed by atoms with E-state index >= 15 is 0 Å². The summed E-state index contributed by atoms with van der Waals surface area (Å²) in [7, 11) is 0. The van der Waals surface area contributed by atoms with Gasteiger partial charge in [-0.05, 0) is 72.0 Å².